The van der Waals surface area contributed by atoms with Crippen LogP contribution in [0.2, 0.25) is 0 Å². The molecule has 0 heterocycles. The number of carbonyl (C=O) groups is 2. The summed E-state index contributed by atoms with van der Waals surface area (Å²) in [5.41, 5.74) is 0.680. The molecule has 1 aromatic carbocycles. The summed E-state index contributed by atoms with van der Waals surface area (Å²) in [6.45, 7) is 0.486. The molecule has 2 N–H and O–H groups in total. The molecular formula is C12H14Br2N2O3. The zero-order valence-corrected chi connectivity index (χ0v) is 13.5. The number of carboxylic acid groups (broad SMARTS) is 1. The lowest BCUT2D eigenvalue weighted by molar-refractivity contribution is -0.137. The van der Waals surface area contributed by atoms with Crippen molar-refractivity contribution in [2.75, 3.05) is 25.5 Å². The SMILES string of the molecule is CN(CCC(=O)O)CC(=O)Nc1ccc(Br)cc1Br. The largest absolute Gasteiger partial charge is 0.481 e. The number of amides is 1. The van der Waals surface area contributed by atoms with E-state index in [4.69, 9.17) is 5.11 Å². The van der Waals surface area contributed by atoms with Gasteiger partial charge in [0.2, 0.25) is 5.91 Å². The number of nitrogens with zero attached hydrogens (tertiary/aromatic N) is 1. The van der Waals surface area contributed by atoms with Crippen LogP contribution in [0.4, 0.5) is 5.69 Å². The molecule has 0 unspecified atom stereocenters. The summed E-state index contributed by atoms with van der Waals surface area (Å²) in [7, 11) is 1.71. The van der Waals surface area contributed by atoms with E-state index in [1.54, 1.807) is 18.0 Å². The fourth-order valence-electron chi connectivity index (χ4n) is 1.39. The molecule has 1 amide bonds. The van der Waals surface area contributed by atoms with E-state index >= 15 is 0 Å². The van der Waals surface area contributed by atoms with E-state index in [-0.39, 0.29) is 18.9 Å². The maximum absolute atomic E-state index is 11.8. The van der Waals surface area contributed by atoms with Gasteiger partial charge in [-0.25, -0.2) is 0 Å². The Labute approximate surface area is 128 Å². The van der Waals surface area contributed by atoms with Gasteiger partial charge in [0.1, 0.15) is 0 Å². The highest BCUT2D eigenvalue weighted by atomic mass is 79.9. The number of hydrogen-bond donors (Lipinski definition) is 2. The van der Waals surface area contributed by atoms with Gasteiger partial charge in [-0.15, -0.1) is 0 Å². The molecule has 0 fully saturated rings. The Balaban J connectivity index is 2.48. The summed E-state index contributed by atoms with van der Waals surface area (Å²) in [5.74, 6) is -1.06. The maximum atomic E-state index is 11.8. The second kappa shape index (κ2) is 7.62. The summed E-state index contributed by atoms with van der Waals surface area (Å²) in [6, 6.07) is 5.45. The quantitative estimate of drug-likeness (QED) is 0.779. The number of rotatable bonds is 6. The van der Waals surface area contributed by atoms with Crippen LogP contribution in [0.15, 0.2) is 27.1 Å². The molecule has 19 heavy (non-hydrogen) atoms. The van der Waals surface area contributed by atoms with Gasteiger partial charge in [0.15, 0.2) is 0 Å². The van der Waals surface area contributed by atoms with E-state index in [1.165, 1.54) is 0 Å². The van der Waals surface area contributed by atoms with Gasteiger partial charge >= 0.3 is 5.97 Å². The first-order valence-electron chi connectivity index (χ1n) is 5.53. The van der Waals surface area contributed by atoms with E-state index < -0.39 is 5.97 Å². The highest BCUT2D eigenvalue weighted by Gasteiger charge is 2.10. The summed E-state index contributed by atoms with van der Waals surface area (Å²) in [4.78, 5) is 23.9. The van der Waals surface area contributed by atoms with E-state index in [9.17, 15) is 9.59 Å². The topological polar surface area (TPSA) is 69.6 Å². The third-order valence-corrected chi connectivity index (χ3v) is 3.48. The van der Waals surface area contributed by atoms with Crippen molar-refractivity contribution in [1.82, 2.24) is 4.90 Å². The van der Waals surface area contributed by atoms with Crippen LogP contribution in [0.25, 0.3) is 0 Å². The number of hydrogen-bond acceptors (Lipinski definition) is 3. The Morgan fingerprint density at radius 2 is 2.05 bits per heavy atom. The third kappa shape index (κ3) is 6.17. The second-order valence-corrected chi connectivity index (χ2v) is 5.82. The molecule has 0 aliphatic rings. The van der Waals surface area contributed by atoms with Crippen molar-refractivity contribution in [2.45, 2.75) is 6.42 Å². The molecule has 104 valence electrons. The Morgan fingerprint density at radius 1 is 1.37 bits per heavy atom. The Hall–Kier alpha value is -0.920. The fourth-order valence-corrected chi connectivity index (χ4v) is 2.54. The summed E-state index contributed by atoms with van der Waals surface area (Å²) in [6.07, 6.45) is 0.0196. The molecule has 0 saturated carbocycles. The number of carbonyl (C=O) groups excluding carboxylic acids is 1. The monoisotopic (exact) mass is 392 g/mol. The average Bonchev–Trinajstić information content (AvgIpc) is 2.30. The van der Waals surface area contributed by atoms with Crippen LogP contribution in [0, 0.1) is 0 Å². The lowest BCUT2D eigenvalue weighted by atomic mass is 10.3. The Bertz CT molecular complexity index is 480. The number of nitrogens with one attached hydrogen (secondary N) is 1. The molecular weight excluding hydrogens is 380 g/mol. The molecule has 0 spiro atoms. The van der Waals surface area contributed by atoms with Crippen LogP contribution >= 0.6 is 31.9 Å². The normalized spacial score (nSPS) is 10.5. The van der Waals surface area contributed by atoms with Crippen molar-refractivity contribution in [1.29, 1.82) is 0 Å². The summed E-state index contributed by atoms with van der Waals surface area (Å²) >= 11 is 6.69. The third-order valence-electron chi connectivity index (χ3n) is 2.33. The molecule has 7 heteroatoms. The van der Waals surface area contributed by atoms with Crippen molar-refractivity contribution in [2.24, 2.45) is 0 Å². The van der Waals surface area contributed by atoms with Crippen LogP contribution in [0.5, 0.6) is 0 Å². The Kier molecular flexibility index (Phi) is 6.47. The standard InChI is InChI=1S/C12H14Br2N2O3/c1-16(5-4-12(18)19)7-11(17)15-10-3-2-8(13)6-9(10)14/h2-3,6H,4-5,7H2,1H3,(H,15,17)(H,18,19). The van der Waals surface area contributed by atoms with Crippen LogP contribution in [0.1, 0.15) is 6.42 Å². The number of halogens is 2. The van der Waals surface area contributed by atoms with Gasteiger partial charge in [0, 0.05) is 15.5 Å². The van der Waals surface area contributed by atoms with Crippen molar-refractivity contribution in [3.05, 3.63) is 27.1 Å². The van der Waals surface area contributed by atoms with E-state index in [1.807, 2.05) is 12.1 Å². The molecule has 0 saturated heterocycles. The second-order valence-electron chi connectivity index (χ2n) is 4.05. The lowest BCUT2D eigenvalue weighted by Crippen LogP contribution is -2.31. The smallest absolute Gasteiger partial charge is 0.304 e. The molecule has 5 nitrogen and oxygen atoms in total. The molecule has 0 radical (unpaired) electrons. The van der Waals surface area contributed by atoms with Crippen LogP contribution in [-0.4, -0.2) is 42.0 Å². The van der Waals surface area contributed by atoms with Gasteiger partial charge in [0.25, 0.3) is 0 Å². The predicted molar refractivity (Wildman–Crippen MR) is 80.2 cm³/mol. The van der Waals surface area contributed by atoms with Crippen molar-refractivity contribution in [3.8, 4) is 0 Å². The lowest BCUT2D eigenvalue weighted by Gasteiger charge is -2.15. The van der Waals surface area contributed by atoms with E-state index in [0.717, 1.165) is 8.95 Å². The first-order valence-corrected chi connectivity index (χ1v) is 7.12. The van der Waals surface area contributed by atoms with Crippen LogP contribution in [-0.2, 0) is 9.59 Å². The Morgan fingerprint density at radius 3 is 2.63 bits per heavy atom. The van der Waals surface area contributed by atoms with Crippen molar-refractivity contribution >= 4 is 49.4 Å². The number of carboxylic acids is 1. The first kappa shape index (κ1) is 16.1. The van der Waals surface area contributed by atoms with Crippen LogP contribution in [0.3, 0.4) is 0 Å². The maximum Gasteiger partial charge on any atom is 0.304 e. The van der Waals surface area contributed by atoms with Gasteiger partial charge in [-0.2, -0.15) is 0 Å². The summed E-state index contributed by atoms with van der Waals surface area (Å²) in [5, 5.41) is 11.3. The number of benzene rings is 1. The van der Waals surface area contributed by atoms with E-state index in [0.29, 0.717) is 12.2 Å². The molecule has 1 aromatic rings. The zero-order valence-electron chi connectivity index (χ0n) is 10.3. The molecule has 0 bridgehead atoms. The van der Waals surface area contributed by atoms with Gasteiger partial charge in [0.05, 0.1) is 18.7 Å². The fraction of sp³-hybridized carbons (Fsp3) is 0.333. The molecule has 1 rings (SSSR count). The van der Waals surface area contributed by atoms with Gasteiger partial charge in [-0.1, -0.05) is 15.9 Å². The highest BCUT2D eigenvalue weighted by molar-refractivity contribution is 9.11. The van der Waals surface area contributed by atoms with Crippen molar-refractivity contribution in [3.63, 3.8) is 0 Å². The number of likely N-dealkylation sites (N-methyl/N-ethyl adjacent to an activating group) is 1. The minimum atomic E-state index is -0.872. The average molecular weight is 394 g/mol. The first-order chi connectivity index (χ1) is 8.88. The zero-order chi connectivity index (χ0) is 14.4. The van der Waals surface area contributed by atoms with Crippen LogP contribution < -0.4 is 5.32 Å². The number of aliphatic carboxylic acids is 1. The molecule has 0 atom stereocenters. The summed E-state index contributed by atoms with van der Waals surface area (Å²) < 4.78 is 1.69. The number of anilines is 1. The minimum absolute atomic E-state index is 0.0196. The molecule has 0 aromatic heterocycles. The van der Waals surface area contributed by atoms with Gasteiger partial charge < -0.3 is 10.4 Å². The van der Waals surface area contributed by atoms with Gasteiger partial charge in [-0.05, 0) is 41.2 Å². The minimum Gasteiger partial charge on any atom is -0.481 e. The highest BCUT2D eigenvalue weighted by Crippen LogP contribution is 2.25. The molecule has 0 aliphatic carbocycles. The van der Waals surface area contributed by atoms with Crippen molar-refractivity contribution < 1.29 is 14.7 Å². The van der Waals surface area contributed by atoms with Gasteiger partial charge in [-0.3, -0.25) is 14.5 Å². The predicted octanol–water partition coefficient (Wildman–Crippen LogP) is 2.56. The molecule has 0 aliphatic heterocycles. The van der Waals surface area contributed by atoms with E-state index in [2.05, 4.69) is 37.2 Å².